The normalized spacial score (nSPS) is 10.8. The molecule has 17 heavy (non-hydrogen) atoms. The molecule has 0 atom stereocenters. The van der Waals surface area contributed by atoms with E-state index in [0.29, 0.717) is 0 Å². The molecule has 0 saturated heterocycles. The summed E-state index contributed by atoms with van der Waals surface area (Å²) < 4.78 is 27.0. The molecular weight excluding hydrogens is 232 g/mol. The van der Waals surface area contributed by atoms with Crippen LogP contribution in [-0.2, 0) is 0 Å². The van der Waals surface area contributed by atoms with Crippen LogP contribution in [-0.4, -0.2) is 14.5 Å². The zero-order valence-corrected chi connectivity index (χ0v) is 8.46. The minimum atomic E-state index is -2.78. The molecule has 0 aliphatic heterocycles. The number of non-ortho nitro benzene ring substituents is 1. The molecule has 0 fully saturated rings. The first-order valence-electron chi connectivity index (χ1n) is 4.64. The summed E-state index contributed by atoms with van der Waals surface area (Å²) >= 11 is 0. The van der Waals surface area contributed by atoms with Crippen molar-refractivity contribution in [3.05, 3.63) is 52.6 Å². The van der Waals surface area contributed by atoms with Gasteiger partial charge in [0.05, 0.1) is 16.9 Å². The Morgan fingerprint density at radius 1 is 1.41 bits per heavy atom. The van der Waals surface area contributed by atoms with Crippen LogP contribution >= 0.6 is 0 Å². The van der Waals surface area contributed by atoms with Gasteiger partial charge >= 0.3 is 0 Å². The molecule has 0 spiro atoms. The lowest BCUT2D eigenvalue weighted by Gasteiger charge is -2.08. The molecule has 0 radical (unpaired) electrons. The second-order valence-electron chi connectivity index (χ2n) is 3.27. The zero-order valence-electron chi connectivity index (χ0n) is 8.46. The van der Waals surface area contributed by atoms with Crippen molar-refractivity contribution in [2.45, 2.75) is 6.43 Å². The van der Waals surface area contributed by atoms with Crippen LogP contribution in [0.25, 0.3) is 5.69 Å². The smallest absolute Gasteiger partial charge is 0.270 e. The summed E-state index contributed by atoms with van der Waals surface area (Å²) in [5.41, 5.74) is -0.565. The van der Waals surface area contributed by atoms with E-state index in [9.17, 15) is 18.9 Å². The number of rotatable bonds is 3. The van der Waals surface area contributed by atoms with E-state index in [1.807, 2.05) is 0 Å². The first-order valence-corrected chi connectivity index (χ1v) is 4.64. The summed E-state index contributed by atoms with van der Waals surface area (Å²) in [5, 5.41) is 10.5. The minimum absolute atomic E-state index is 0.183. The number of imidazole rings is 1. The molecule has 88 valence electrons. The summed E-state index contributed by atoms with van der Waals surface area (Å²) in [5.74, 6) is 0. The Balaban J connectivity index is 2.57. The van der Waals surface area contributed by atoms with Gasteiger partial charge in [0.1, 0.15) is 0 Å². The monoisotopic (exact) mass is 239 g/mol. The molecule has 2 aromatic rings. The number of nitro groups is 1. The molecular formula is C10H7F2N3O2. The van der Waals surface area contributed by atoms with Crippen LogP contribution in [0.3, 0.4) is 0 Å². The number of nitrogens with zero attached hydrogens (tertiary/aromatic N) is 3. The Labute approximate surface area is 94.5 Å². The molecule has 0 unspecified atom stereocenters. The zero-order chi connectivity index (χ0) is 12.4. The standard InChI is InChI=1S/C10H7F2N3O2/c11-10(12)8-5-7(15(16)17)1-2-9(8)14-4-3-13-6-14/h1-6,10H. The number of benzene rings is 1. The first-order chi connectivity index (χ1) is 8.09. The lowest BCUT2D eigenvalue weighted by Crippen LogP contribution is -1.99. The van der Waals surface area contributed by atoms with Crippen molar-refractivity contribution in [3.63, 3.8) is 0 Å². The number of alkyl halides is 2. The molecule has 1 aromatic carbocycles. The fourth-order valence-electron chi connectivity index (χ4n) is 1.47. The van der Waals surface area contributed by atoms with Crippen LogP contribution < -0.4 is 0 Å². The van der Waals surface area contributed by atoms with Gasteiger partial charge in [0.25, 0.3) is 12.1 Å². The maximum Gasteiger partial charge on any atom is 0.270 e. The fraction of sp³-hybridized carbons (Fsp3) is 0.100. The predicted octanol–water partition coefficient (Wildman–Crippen LogP) is 2.72. The molecule has 0 aliphatic rings. The summed E-state index contributed by atoms with van der Waals surface area (Å²) in [6.45, 7) is 0. The van der Waals surface area contributed by atoms with Gasteiger partial charge in [-0.25, -0.2) is 13.8 Å². The maximum absolute atomic E-state index is 12.8. The lowest BCUT2D eigenvalue weighted by molar-refractivity contribution is -0.385. The molecule has 1 aromatic heterocycles. The Hall–Kier alpha value is -2.31. The Bertz CT molecular complexity index is 540. The lowest BCUT2D eigenvalue weighted by atomic mass is 10.1. The van der Waals surface area contributed by atoms with Gasteiger partial charge in [-0.05, 0) is 6.07 Å². The molecule has 7 heteroatoms. The van der Waals surface area contributed by atoms with Gasteiger partial charge in [0.2, 0.25) is 0 Å². The van der Waals surface area contributed by atoms with Gasteiger partial charge in [-0.1, -0.05) is 0 Å². The summed E-state index contributed by atoms with van der Waals surface area (Å²) in [6.07, 6.45) is 1.50. The van der Waals surface area contributed by atoms with Gasteiger partial charge in [-0.3, -0.25) is 10.1 Å². The van der Waals surface area contributed by atoms with E-state index in [-0.39, 0.29) is 11.4 Å². The summed E-state index contributed by atoms with van der Waals surface area (Å²) in [4.78, 5) is 13.6. The Kier molecular flexibility index (Phi) is 2.82. The van der Waals surface area contributed by atoms with Gasteiger partial charge in [0.15, 0.2) is 0 Å². The predicted molar refractivity (Wildman–Crippen MR) is 55.2 cm³/mol. The van der Waals surface area contributed by atoms with E-state index in [2.05, 4.69) is 4.98 Å². The number of hydrogen-bond acceptors (Lipinski definition) is 3. The first kappa shape index (κ1) is 11.2. The van der Waals surface area contributed by atoms with Crippen molar-refractivity contribution in [1.82, 2.24) is 9.55 Å². The summed E-state index contributed by atoms with van der Waals surface area (Å²) in [6, 6.07) is 3.34. The highest BCUT2D eigenvalue weighted by Crippen LogP contribution is 2.29. The van der Waals surface area contributed by atoms with Gasteiger partial charge in [-0.2, -0.15) is 0 Å². The number of halogens is 2. The molecule has 0 saturated carbocycles. The van der Waals surface area contributed by atoms with E-state index in [4.69, 9.17) is 0 Å². The molecule has 2 rings (SSSR count). The SMILES string of the molecule is O=[N+]([O-])c1ccc(-n2ccnc2)c(C(F)F)c1. The average Bonchev–Trinajstić information content (AvgIpc) is 2.81. The topological polar surface area (TPSA) is 61.0 Å². The van der Waals surface area contributed by atoms with E-state index >= 15 is 0 Å². The average molecular weight is 239 g/mol. The van der Waals surface area contributed by atoms with Crippen molar-refractivity contribution in [2.75, 3.05) is 0 Å². The van der Waals surface area contributed by atoms with Crippen LogP contribution in [0.2, 0.25) is 0 Å². The van der Waals surface area contributed by atoms with E-state index in [0.717, 1.165) is 6.07 Å². The van der Waals surface area contributed by atoms with Crippen LogP contribution in [0.5, 0.6) is 0 Å². The molecule has 0 bridgehead atoms. The molecule has 0 amide bonds. The maximum atomic E-state index is 12.8. The van der Waals surface area contributed by atoms with Crippen LogP contribution in [0.1, 0.15) is 12.0 Å². The largest absolute Gasteiger partial charge is 0.306 e. The van der Waals surface area contributed by atoms with Gasteiger partial charge in [0, 0.05) is 30.1 Å². The Morgan fingerprint density at radius 2 is 2.18 bits per heavy atom. The van der Waals surface area contributed by atoms with Gasteiger partial charge < -0.3 is 4.57 Å². The fourth-order valence-corrected chi connectivity index (χ4v) is 1.47. The third-order valence-corrected chi connectivity index (χ3v) is 2.24. The highest BCUT2D eigenvalue weighted by atomic mass is 19.3. The quantitative estimate of drug-likeness (QED) is 0.611. The summed E-state index contributed by atoms with van der Waals surface area (Å²) in [7, 11) is 0. The van der Waals surface area contributed by atoms with Crippen molar-refractivity contribution in [3.8, 4) is 5.69 Å². The molecule has 0 aliphatic carbocycles. The molecule has 1 heterocycles. The van der Waals surface area contributed by atoms with Crippen molar-refractivity contribution in [2.24, 2.45) is 0 Å². The number of hydrogen-bond donors (Lipinski definition) is 0. The van der Waals surface area contributed by atoms with Gasteiger partial charge in [-0.15, -0.1) is 0 Å². The molecule has 5 nitrogen and oxygen atoms in total. The van der Waals surface area contributed by atoms with Crippen LogP contribution in [0.15, 0.2) is 36.9 Å². The minimum Gasteiger partial charge on any atom is -0.306 e. The van der Waals surface area contributed by atoms with E-state index in [1.165, 1.54) is 35.4 Å². The third-order valence-electron chi connectivity index (χ3n) is 2.24. The highest BCUT2D eigenvalue weighted by Gasteiger charge is 2.18. The molecule has 0 N–H and O–H groups in total. The van der Waals surface area contributed by atoms with Crippen molar-refractivity contribution >= 4 is 5.69 Å². The number of nitro benzene ring substituents is 1. The second kappa shape index (κ2) is 4.28. The van der Waals surface area contributed by atoms with E-state index in [1.54, 1.807) is 0 Å². The Morgan fingerprint density at radius 3 is 2.71 bits per heavy atom. The van der Waals surface area contributed by atoms with Crippen molar-refractivity contribution in [1.29, 1.82) is 0 Å². The highest BCUT2D eigenvalue weighted by molar-refractivity contribution is 5.49. The third kappa shape index (κ3) is 2.12. The van der Waals surface area contributed by atoms with Crippen LogP contribution in [0, 0.1) is 10.1 Å². The number of aromatic nitrogens is 2. The van der Waals surface area contributed by atoms with Crippen LogP contribution in [0.4, 0.5) is 14.5 Å². The second-order valence-corrected chi connectivity index (χ2v) is 3.27. The van der Waals surface area contributed by atoms with E-state index < -0.39 is 16.9 Å². The van der Waals surface area contributed by atoms with Crippen molar-refractivity contribution < 1.29 is 13.7 Å².